The second-order valence-electron chi connectivity index (χ2n) is 3.38. The van der Waals surface area contributed by atoms with E-state index in [4.69, 9.17) is 11.6 Å². The third-order valence-corrected chi connectivity index (χ3v) is 3.26. The molecule has 0 unspecified atom stereocenters. The van der Waals surface area contributed by atoms with Crippen molar-refractivity contribution in [2.45, 2.75) is 0 Å². The van der Waals surface area contributed by atoms with Gasteiger partial charge in [0.05, 0.1) is 5.03 Å². The zero-order valence-electron chi connectivity index (χ0n) is 8.58. The van der Waals surface area contributed by atoms with Crippen LogP contribution in [0.2, 0.25) is 0 Å². The molecule has 0 amide bonds. The van der Waals surface area contributed by atoms with Crippen LogP contribution >= 0.6 is 34.2 Å². The highest BCUT2D eigenvalue weighted by Crippen LogP contribution is 2.43. The Morgan fingerprint density at radius 3 is 2.50 bits per heavy atom. The average molecular weight is 341 g/mol. The number of benzene rings is 1. The fourth-order valence-corrected chi connectivity index (χ4v) is 2.53. The molecule has 1 aliphatic rings. The predicted octanol–water partition coefficient (Wildman–Crippen LogP) is 5.17. The lowest BCUT2D eigenvalue weighted by Crippen LogP contribution is -1.81. The summed E-state index contributed by atoms with van der Waals surface area (Å²) in [6, 6.07) is 8.23. The van der Waals surface area contributed by atoms with Gasteiger partial charge < -0.3 is 0 Å². The van der Waals surface area contributed by atoms with Crippen LogP contribution in [0.3, 0.4) is 0 Å². The van der Waals surface area contributed by atoms with Gasteiger partial charge in [0.1, 0.15) is 0 Å². The van der Waals surface area contributed by atoms with Crippen LogP contribution in [-0.4, -0.2) is 0 Å². The summed E-state index contributed by atoms with van der Waals surface area (Å²) in [4.78, 5) is 0. The first kappa shape index (κ1) is 11.7. The second-order valence-corrected chi connectivity index (χ2v) is 4.48. The van der Waals surface area contributed by atoms with Crippen LogP contribution in [0.15, 0.2) is 58.2 Å². The Morgan fingerprint density at radius 1 is 1.19 bits per heavy atom. The first-order valence-corrected chi connectivity index (χ1v) is 6.51. The summed E-state index contributed by atoms with van der Waals surface area (Å²) in [7, 11) is 0. The first-order valence-electron chi connectivity index (χ1n) is 4.89. The molecule has 1 aliphatic carbocycles. The molecule has 0 fully saturated rings. The van der Waals surface area contributed by atoms with E-state index in [2.05, 4.69) is 41.3 Å². The number of halogens is 2. The van der Waals surface area contributed by atoms with E-state index in [0.29, 0.717) is 0 Å². The van der Waals surface area contributed by atoms with E-state index < -0.39 is 0 Å². The van der Waals surface area contributed by atoms with E-state index in [1.807, 2.05) is 28.4 Å². The van der Waals surface area contributed by atoms with Gasteiger partial charge in [0.25, 0.3) is 0 Å². The van der Waals surface area contributed by atoms with Crippen LogP contribution in [0.4, 0.5) is 0 Å². The van der Waals surface area contributed by atoms with Gasteiger partial charge in [0.15, 0.2) is 0 Å². The van der Waals surface area contributed by atoms with Crippen LogP contribution in [0, 0.1) is 0 Å². The van der Waals surface area contributed by atoms with Crippen molar-refractivity contribution in [2.75, 3.05) is 0 Å². The molecular weight excluding hydrogens is 331 g/mol. The predicted molar refractivity (Wildman–Crippen MR) is 80.5 cm³/mol. The number of rotatable bonds is 2. The fourth-order valence-electron chi connectivity index (χ4n) is 1.84. The highest BCUT2D eigenvalue weighted by Gasteiger charge is 2.22. The zero-order valence-corrected chi connectivity index (χ0v) is 11.5. The van der Waals surface area contributed by atoms with Crippen molar-refractivity contribution in [3.8, 4) is 0 Å². The van der Waals surface area contributed by atoms with Gasteiger partial charge in [-0.25, -0.2) is 0 Å². The van der Waals surface area contributed by atoms with E-state index in [0.717, 1.165) is 16.2 Å². The maximum atomic E-state index is 6.38. The van der Waals surface area contributed by atoms with Crippen molar-refractivity contribution < 1.29 is 0 Å². The molecule has 0 saturated carbocycles. The number of hydrogen-bond acceptors (Lipinski definition) is 0. The summed E-state index contributed by atoms with van der Waals surface area (Å²) in [5, 5.41) is 0.800. The summed E-state index contributed by atoms with van der Waals surface area (Å²) in [6.45, 7) is 3.73. The first-order chi connectivity index (χ1) is 7.79. The zero-order chi connectivity index (χ0) is 11.5. The second kappa shape index (κ2) is 5.02. The molecule has 0 nitrogen and oxygen atoms in total. The number of hydrogen-bond donors (Lipinski definition) is 0. The van der Waals surface area contributed by atoms with Crippen LogP contribution in [0.5, 0.6) is 0 Å². The van der Waals surface area contributed by atoms with Gasteiger partial charge in [-0.2, -0.15) is 0 Å². The molecule has 0 saturated heterocycles. The maximum absolute atomic E-state index is 6.38. The molecule has 0 N–H and O–H groups in total. The quantitative estimate of drug-likeness (QED) is 0.652. The Bertz CT molecular complexity index is 521. The van der Waals surface area contributed by atoms with Gasteiger partial charge in [-0.1, -0.05) is 77.2 Å². The number of allylic oxidation sites excluding steroid dienone is 6. The summed E-state index contributed by atoms with van der Waals surface area (Å²) < 4.78 is 1.98. The summed E-state index contributed by atoms with van der Waals surface area (Å²) in [6.07, 6.45) is 5.76. The lowest BCUT2D eigenvalue weighted by atomic mass is 10.0. The van der Waals surface area contributed by atoms with Crippen LogP contribution in [0.25, 0.3) is 11.1 Å². The van der Waals surface area contributed by atoms with E-state index in [1.54, 1.807) is 6.08 Å². The summed E-state index contributed by atoms with van der Waals surface area (Å²) >= 11 is 8.58. The minimum atomic E-state index is 0.800. The van der Waals surface area contributed by atoms with Crippen LogP contribution in [0.1, 0.15) is 11.1 Å². The van der Waals surface area contributed by atoms with Gasteiger partial charge in [0.2, 0.25) is 0 Å². The van der Waals surface area contributed by atoms with Crippen molar-refractivity contribution >= 4 is 45.3 Å². The monoisotopic (exact) mass is 340 g/mol. The third-order valence-electron chi connectivity index (χ3n) is 2.49. The van der Waals surface area contributed by atoms with Gasteiger partial charge in [-0.15, -0.1) is 0 Å². The lowest BCUT2D eigenvalue weighted by Gasteiger charge is -2.00. The van der Waals surface area contributed by atoms with Gasteiger partial charge in [-0.05, 0) is 21.3 Å². The molecule has 2 heteroatoms. The highest BCUT2D eigenvalue weighted by atomic mass is 127. The summed E-state index contributed by atoms with van der Waals surface area (Å²) in [5.41, 5.74) is 4.50. The normalized spacial score (nSPS) is 17.2. The average Bonchev–Trinajstić information content (AvgIpc) is 2.56. The van der Waals surface area contributed by atoms with Crippen LogP contribution < -0.4 is 0 Å². The molecule has 0 spiro atoms. The third kappa shape index (κ3) is 1.89. The van der Waals surface area contributed by atoms with E-state index in [1.165, 1.54) is 11.1 Å². The van der Waals surface area contributed by atoms with Gasteiger partial charge in [-0.3, -0.25) is 0 Å². The van der Waals surface area contributed by atoms with E-state index in [9.17, 15) is 0 Å². The largest absolute Gasteiger partial charge is 0.0990 e. The molecule has 80 valence electrons. The molecule has 2 rings (SSSR count). The lowest BCUT2D eigenvalue weighted by molar-refractivity contribution is 1.60. The Balaban J connectivity index is 2.69. The minimum absolute atomic E-state index is 0.800. The van der Waals surface area contributed by atoms with Crippen molar-refractivity contribution in [2.24, 2.45) is 0 Å². The maximum Gasteiger partial charge on any atom is 0.0563 e. The minimum Gasteiger partial charge on any atom is -0.0990 e. The number of fused-ring (bicyclic) bond motifs is 1. The summed E-state index contributed by atoms with van der Waals surface area (Å²) in [5.74, 6) is 0. The Hall–Kier alpha value is -0.800. The fraction of sp³-hybridized carbons (Fsp3) is 0. The molecule has 0 bridgehead atoms. The van der Waals surface area contributed by atoms with Crippen molar-refractivity contribution in [3.63, 3.8) is 0 Å². The Labute approximate surface area is 114 Å². The van der Waals surface area contributed by atoms with Gasteiger partial charge >= 0.3 is 0 Å². The highest BCUT2D eigenvalue weighted by molar-refractivity contribution is 14.1. The van der Waals surface area contributed by atoms with Crippen molar-refractivity contribution in [3.05, 3.63) is 69.3 Å². The van der Waals surface area contributed by atoms with Crippen molar-refractivity contribution in [1.82, 2.24) is 0 Å². The van der Waals surface area contributed by atoms with E-state index in [-0.39, 0.29) is 0 Å². The Kier molecular flexibility index (Phi) is 3.66. The molecule has 0 aromatic heterocycles. The Morgan fingerprint density at radius 2 is 1.88 bits per heavy atom. The molecule has 0 aliphatic heterocycles. The van der Waals surface area contributed by atoms with E-state index >= 15 is 0 Å². The molecule has 1 aromatic rings. The topological polar surface area (TPSA) is 0 Å². The smallest absolute Gasteiger partial charge is 0.0563 e. The van der Waals surface area contributed by atoms with Gasteiger partial charge in [0, 0.05) is 11.1 Å². The standard InChI is InChI=1S/C14H10ClI/c1-2-5-12-10-6-3-4-7-11(10)13(8-9-16)14(12)15/h2-9H,1H2/b9-8+,12-5+. The molecule has 0 heterocycles. The van der Waals surface area contributed by atoms with Crippen LogP contribution in [-0.2, 0) is 0 Å². The molecule has 0 atom stereocenters. The SMILES string of the molecule is C=C/C=C1C(Cl)=C(/C=C/I)c2ccccc2/1. The molecule has 1 aromatic carbocycles. The molecular formula is C14H10ClI. The molecule has 0 radical (unpaired) electrons. The molecule has 16 heavy (non-hydrogen) atoms. The van der Waals surface area contributed by atoms with Crippen molar-refractivity contribution in [1.29, 1.82) is 0 Å².